The van der Waals surface area contributed by atoms with Gasteiger partial charge in [0, 0.05) is 38.9 Å². The average Bonchev–Trinajstić information content (AvgIpc) is 2.62. The molecule has 138 valence electrons. The molecule has 5 heteroatoms. The van der Waals surface area contributed by atoms with Crippen molar-refractivity contribution >= 4 is 5.91 Å². The second kappa shape index (κ2) is 8.65. The maximum Gasteiger partial charge on any atom is 0.222 e. The molecule has 2 saturated heterocycles. The molecule has 0 unspecified atom stereocenters. The van der Waals surface area contributed by atoms with Crippen LogP contribution in [-0.4, -0.2) is 55.0 Å². The first-order valence-electron chi connectivity index (χ1n) is 9.48. The molecule has 25 heavy (non-hydrogen) atoms. The number of rotatable bonds is 5. The Kier molecular flexibility index (Phi) is 6.29. The molecular formula is C20H29FN2O2. The van der Waals surface area contributed by atoms with Crippen LogP contribution in [0.25, 0.3) is 0 Å². The van der Waals surface area contributed by atoms with Gasteiger partial charge in [-0.25, -0.2) is 4.39 Å². The standard InChI is InChI=1S/C20H29FN2O2/c1-22-12-2-3-16(15-22)4-9-20(24)23-13-10-19(11-14-23)25-18-7-5-17(21)6-8-18/h5-8,16,19H,2-4,9-15H2,1H3/t16-/m0/s1. The van der Waals surface area contributed by atoms with Crippen molar-refractivity contribution < 1.29 is 13.9 Å². The van der Waals surface area contributed by atoms with Crippen LogP contribution in [0.15, 0.2) is 24.3 Å². The summed E-state index contributed by atoms with van der Waals surface area (Å²) in [5.41, 5.74) is 0. The molecule has 1 atom stereocenters. The van der Waals surface area contributed by atoms with E-state index in [1.165, 1.54) is 31.5 Å². The van der Waals surface area contributed by atoms with Gasteiger partial charge in [-0.05, 0) is 63.0 Å². The third kappa shape index (κ3) is 5.43. The fourth-order valence-electron chi connectivity index (χ4n) is 3.92. The van der Waals surface area contributed by atoms with Gasteiger partial charge >= 0.3 is 0 Å². The minimum Gasteiger partial charge on any atom is -0.490 e. The molecule has 1 aromatic carbocycles. The molecule has 0 aliphatic carbocycles. The number of likely N-dealkylation sites (tertiary alicyclic amines) is 2. The molecule has 0 radical (unpaired) electrons. The molecule has 0 N–H and O–H groups in total. The third-order valence-electron chi connectivity index (χ3n) is 5.40. The molecule has 4 nitrogen and oxygen atoms in total. The number of nitrogens with zero attached hydrogens (tertiary/aromatic N) is 2. The van der Waals surface area contributed by atoms with E-state index in [2.05, 4.69) is 11.9 Å². The lowest BCUT2D eigenvalue weighted by atomic mass is 9.93. The largest absolute Gasteiger partial charge is 0.490 e. The zero-order valence-electron chi connectivity index (χ0n) is 15.1. The SMILES string of the molecule is CN1CCC[C@@H](CCC(=O)N2CCC(Oc3ccc(F)cc3)CC2)C1. The lowest BCUT2D eigenvalue weighted by molar-refractivity contribution is -0.133. The normalized spacial score (nSPS) is 22.8. The maximum absolute atomic E-state index is 12.9. The summed E-state index contributed by atoms with van der Waals surface area (Å²) < 4.78 is 18.8. The molecule has 0 saturated carbocycles. The predicted molar refractivity (Wildman–Crippen MR) is 96.1 cm³/mol. The molecule has 2 fully saturated rings. The molecule has 0 bridgehead atoms. The van der Waals surface area contributed by atoms with Crippen molar-refractivity contribution in [2.45, 2.75) is 44.6 Å². The summed E-state index contributed by atoms with van der Waals surface area (Å²) >= 11 is 0. The van der Waals surface area contributed by atoms with Crippen LogP contribution in [0.1, 0.15) is 38.5 Å². The highest BCUT2D eigenvalue weighted by Crippen LogP contribution is 2.23. The van der Waals surface area contributed by atoms with Crippen molar-refractivity contribution in [1.29, 1.82) is 0 Å². The minimum absolute atomic E-state index is 0.113. The van der Waals surface area contributed by atoms with Gasteiger partial charge in [-0.2, -0.15) is 0 Å². The van der Waals surface area contributed by atoms with E-state index in [9.17, 15) is 9.18 Å². The van der Waals surface area contributed by atoms with Crippen molar-refractivity contribution in [2.24, 2.45) is 5.92 Å². The molecule has 0 spiro atoms. The van der Waals surface area contributed by atoms with Gasteiger partial charge < -0.3 is 14.5 Å². The number of carbonyl (C=O) groups is 1. The lowest BCUT2D eigenvalue weighted by Gasteiger charge is -2.33. The van der Waals surface area contributed by atoms with Crippen molar-refractivity contribution in [3.05, 3.63) is 30.1 Å². The van der Waals surface area contributed by atoms with E-state index in [0.29, 0.717) is 18.1 Å². The number of hydrogen-bond donors (Lipinski definition) is 0. The second-order valence-corrected chi connectivity index (χ2v) is 7.46. The highest BCUT2D eigenvalue weighted by Gasteiger charge is 2.25. The predicted octanol–water partition coefficient (Wildman–Crippen LogP) is 3.32. The molecule has 2 heterocycles. The summed E-state index contributed by atoms with van der Waals surface area (Å²) in [5, 5.41) is 0. The number of hydrogen-bond acceptors (Lipinski definition) is 3. The second-order valence-electron chi connectivity index (χ2n) is 7.46. The number of amides is 1. The number of benzene rings is 1. The van der Waals surface area contributed by atoms with Crippen LogP contribution in [0.5, 0.6) is 5.75 Å². The summed E-state index contributed by atoms with van der Waals surface area (Å²) in [6, 6.07) is 6.15. The minimum atomic E-state index is -0.253. The molecule has 3 rings (SSSR count). The van der Waals surface area contributed by atoms with Gasteiger partial charge in [-0.3, -0.25) is 4.79 Å². The van der Waals surface area contributed by atoms with Gasteiger partial charge in [0.25, 0.3) is 0 Å². The van der Waals surface area contributed by atoms with Crippen LogP contribution < -0.4 is 4.74 Å². The summed E-state index contributed by atoms with van der Waals surface area (Å²) in [4.78, 5) is 16.8. The Morgan fingerprint density at radius 1 is 1.16 bits per heavy atom. The number of ether oxygens (including phenoxy) is 1. The quantitative estimate of drug-likeness (QED) is 0.818. The highest BCUT2D eigenvalue weighted by molar-refractivity contribution is 5.76. The van der Waals surface area contributed by atoms with Crippen molar-refractivity contribution in [3.8, 4) is 5.75 Å². The topological polar surface area (TPSA) is 32.8 Å². The maximum atomic E-state index is 12.9. The van der Waals surface area contributed by atoms with Crippen LogP contribution in [-0.2, 0) is 4.79 Å². The fourth-order valence-corrected chi connectivity index (χ4v) is 3.92. The monoisotopic (exact) mass is 348 g/mol. The van der Waals surface area contributed by atoms with Gasteiger partial charge in [0.2, 0.25) is 5.91 Å². The van der Waals surface area contributed by atoms with E-state index < -0.39 is 0 Å². The summed E-state index contributed by atoms with van der Waals surface area (Å²) in [6.45, 7) is 3.83. The summed E-state index contributed by atoms with van der Waals surface area (Å²) in [6.07, 6.45) is 5.98. The van der Waals surface area contributed by atoms with E-state index in [0.717, 1.165) is 38.9 Å². The molecule has 2 aliphatic heterocycles. The first-order valence-corrected chi connectivity index (χ1v) is 9.48. The van der Waals surface area contributed by atoms with Crippen LogP contribution in [0, 0.1) is 11.7 Å². The van der Waals surface area contributed by atoms with E-state index in [1.54, 1.807) is 12.1 Å². The molecule has 1 aromatic rings. The molecule has 2 aliphatic rings. The summed E-state index contributed by atoms with van der Waals surface area (Å²) in [5.74, 6) is 1.40. The van der Waals surface area contributed by atoms with E-state index in [4.69, 9.17) is 4.74 Å². The highest BCUT2D eigenvalue weighted by atomic mass is 19.1. The Labute approximate surface area is 149 Å². The Bertz CT molecular complexity index is 555. The van der Waals surface area contributed by atoms with Gasteiger partial charge in [0.15, 0.2) is 0 Å². The molecule has 0 aromatic heterocycles. The Morgan fingerprint density at radius 3 is 2.56 bits per heavy atom. The fraction of sp³-hybridized carbons (Fsp3) is 0.650. The van der Waals surface area contributed by atoms with Gasteiger partial charge in [0.05, 0.1) is 0 Å². The van der Waals surface area contributed by atoms with Gasteiger partial charge in [-0.1, -0.05) is 0 Å². The van der Waals surface area contributed by atoms with E-state index >= 15 is 0 Å². The van der Waals surface area contributed by atoms with E-state index in [1.807, 2.05) is 4.90 Å². The number of carbonyl (C=O) groups excluding carboxylic acids is 1. The van der Waals surface area contributed by atoms with Gasteiger partial charge in [0.1, 0.15) is 17.7 Å². The van der Waals surface area contributed by atoms with Crippen molar-refractivity contribution in [2.75, 3.05) is 33.2 Å². The number of halogens is 1. The zero-order chi connectivity index (χ0) is 17.6. The lowest BCUT2D eigenvalue weighted by Crippen LogP contribution is -2.42. The summed E-state index contributed by atoms with van der Waals surface area (Å²) in [7, 11) is 2.17. The molecule has 1 amide bonds. The van der Waals surface area contributed by atoms with Crippen molar-refractivity contribution in [1.82, 2.24) is 9.80 Å². The zero-order valence-corrected chi connectivity index (χ0v) is 15.1. The smallest absolute Gasteiger partial charge is 0.222 e. The van der Waals surface area contributed by atoms with Crippen molar-refractivity contribution in [3.63, 3.8) is 0 Å². The first-order chi connectivity index (χ1) is 12.1. The van der Waals surface area contributed by atoms with Gasteiger partial charge in [-0.15, -0.1) is 0 Å². The number of piperidine rings is 2. The third-order valence-corrected chi connectivity index (χ3v) is 5.40. The Hall–Kier alpha value is -1.62. The van der Waals surface area contributed by atoms with Crippen LogP contribution >= 0.6 is 0 Å². The average molecular weight is 348 g/mol. The Balaban J connectivity index is 1.37. The van der Waals surface area contributed by atoms with E-state index in [-0.39, 0.29) is 17.8 Å². The molecular weight excluding hydrogens is 319 g/mol. The van der Waals surface area contributed by atoms with Crippen LogP contribution in [0.4, 0.5) is 4.39 Å². The van der Waals surface area contributed by atoms with Crippen LogP contribution in [0.3, 0.4) is 0 Å². The first kappa shape index (κ1) is 18.2. The Morgan fingerprint density at radius 2 is 1.88 bits per heavy atom. The van der Waals surface area contributed by atoms with Crippen LogP contribution in [0.2, 0.25) is 0 Å².